The topological polar surface area (TPSA) is 16.1 Å². The second-order valence-electron chi connectivity index (χ2n) is 3.83. The van der Waals surface area contributed by atoms with Crippen molar-refractivity contribution >= 4 is 17.0 Å². The van der Waals surface area contributed by atoms with Gasteiger partial charge in [0.2, 0.25) is 0 Å². The average molecular weight is 272 g/mol. The summed E-state index contributed by atoms with van der Waals surface area (Å²) in [6.45, 7) is 0.586. The molecule has 18 heavy (non-hydrogen) atoms. The van der Waals surface area contributed by atoms with Crippen molar-refractivity contribution in [1.82, 2.24) is 4.98 Å². The Morgan fingerprint density at radius 1 is 1.22 bits per heavy atom. The first kappa shape index (κ1) is 12.9. The van der Waals surface area contributed by atoms with E-state index in [0.717, 1.165) is 22.8 Å². The van der Waals surface area contributed by atoms with Crippen molar-refractivity contribution in [3.63, 3.8) is 0 Å². The molecule has 0 unspecified atom stereocenters. The molecule has 2 aromatic rings. The first-order valence-corrected chi connectivity index (χ1v) is 6.11. The molecule has 0 N–H and O–H groups in total. The van der Waals surface area contributed by atoms with Crippen molar-refractivity contribution in [2.24, 2.45) is 0 Å². The van der Waals surface area contributed by atoms with E-state index in [1.54, 1.807) is 6.20 Å². The lowest BCUT2D eigenvalue weighted by atomic mass is 10.2. The van der Waals surface area contributed by atoms with Crippen molar-refractivity contribution < 1.29 is 13.2 Å². The summed E-state index contributed by atoms with van der Waals surface area (Å²) in [6.07, 6.45) is -2.58. The monoisotopic (exact) mass is 272 g/mol. The summed E-state index contributed by atoms with van der Waals surface area (Å²) in [4.78, 5) is 6.00. The van der Waals surface area contributed by atoms with Crippen LogP contribution in [0, 0.1) is 0 Å². The molecule has 0 atom stereocenters. The van der Waals surface area contributed by atoms with Gasteiger partial charge in [-0.25, -0.2) is 4.98 Å². The van der Waals surface area contributed by atoms with Gasteiger partial charge >= 0.3 is 6.18 Å². The van der Waals surface area contributed by atoms with Crippen molar-refractivity contribution in [3.05, 3.63) is 46.4 Å². The van der Waals surface area contributed by atoms with Gasteiger partial charge in [-0.1, -0.05) is 0 Å². The van der Waals surface area contributed by atoms with Crippen LogP contribution >= 0.6 is 11.3 Å². The summed E-state index contributed by atoms with van der Waals surface area (Å²) in [5.74, 6) is 0. The van der Waals surface area contributed by atoms with Crippen LogP contribution in [-0.4, -0.2) is 12.0 Å². The maximum absolute atomic E-state index is 12.4. The number of alkyl halides is 3. The molecule has 1 aromatic heterocycles. The third-order valence-electron chi connectivity index (χ3n) is 2.49. The van der Waals surface area contributed by atoms with Crippen molar-refractivity contribution in [1.29, 1.82) is 0 Å². The Morgan fingerprint density at radius 2 is 1.89 bits per heavy atom. The SMILES string of the molecule is CN(Cc1nccs1)c1ccc(C(F)(F)F)cc1. The average Bonchev–Trinajstić information content (AvgIpc) is 2.81. The number of hydrogen-bond donors (Lipinski definition) is 0. The Kier molecular flexibility index (Phi) is 3.56. The Balaban J connectivity index is 2.10. The molecule has 1 heterocycles. The molecule has 2 rings (SSSR count). The van der Waals surface area contributed by atoms with Gasteiger partial charge in [-0.2, -0.15) is 13.2 Å². The van der Waals surface area contributed by atoms with Crippen molar-refractivity contribution in [2.75, 3.05) is 11.9 Å². The van der Waals surface area contributed by atoms with Gasteiger partial charge < -0.3 is 4.90 Å². The number of hydrogen-bond acceptors (Lipinski definition) is 3. The summed E-state index contributed by atoms with van der Waals surface area (Å²) in [7, 11) is 1.82. The maximum atomic E-state index is 12.4. The second-order valence-corrected chi connectivity index (χ2v) is 4.81. The van der Waals surface area contributed by atoms with E-state index in [9.17, 15) is 13.2 Å². The minimum absolute atomic E-state index is 0.586. The van der Waals surface area contributed by atoms with Crippen LogP contribution in [0.15, 0.2) is 35.8 Å². The number of rotatable bonds is 3. The molecule has 0 fully saturated rings. The highest BCUT2D eigenvalue weighted by atomic mass is 32.1. The van der Waals surface area contributed by atoms with Gasteiger partial charge in [-0.15, -0.1) is 11.3 Å². The minimum atomic E-state index is -4.29. The molecule has 0 aliphatic rings. The molecule has 0 radical (unpaired) electrons. The normalized spacial score (nSPS) is 11.6. The van der Waals surface area contributed by atoms with Gasteiger partial charge in [0.15, 0.2) is 0 Å². The standard InChI is InChI=1S/C12H11F3N2S/c1-17(8-11-16-6-7-18-11)10-4-2-9(3-5-10)12(13,14)15/h2-7H,8H2,1H3. The lowest BCUT2D eigenvalue weighted by Crippen LogP contribution is -2.16. The third-order valence-corrected chi connectivity index (χ3v) is 3.26. The Hall–Kier alpha value is -1.56. The van der Waals surface area contributed by atoms with Gasteiger partial charge in [0.1, 0.15) is 5.01 Å². The summed E-state index contributed by atoms with van der Waals surface area (Å²) < 4.78 is 37.2. The molecule has 1 aromatic carbocycles. The predicted octanol–water partition coefficient (Wildman–Crippen LogP) is 3.80. The largest absolute Gasteiger partial charge is 0.416 e. The summed E-state index contributed by atoms with van der Waals surface area (Å²) in [5, 5.41) is 2.80. The summed E-state index contributed by atoms with van der Waals surface area (Å²) >= 11 is 1.52. The molecule has 0 amide bonds. The minimum Gasteiger partial charge on any atom is -0.368 e. The van der Waals surface area contributed by atoms with Gasteiger partial charge in [-0.3, -0.25) is 0 Å². The van der Waals surface area contributed by atoms with E-state index in [-0.39, 0.29) is 0 Å². The first-order valence-electron chi connectivity index (χ1n) is 5.23. The lowest BCUT2D eigenvalue weighted by molar-refractivity contribution is -0.137. The molecular weight excluding hydrogens is 261 g/mol. The zero-order chi connectivity index (χ0) is 13.2. The zero-order valence-electron chi connectivity index (χ0n) is 9.61. The van der Waals surface area contributed by atoms with Crippen LogP contribution in [0.1, 0.15) is 10.6 Å². The molecule has 0 saturated carbocycles. The molecule has 96 valence electrons. The number of benzene rings is 1. The number of thiazole rings is 1. The summed E-state index contributed by atoms with van der Waals surface area (Å²) in [5.41, 5.74) is 0.104. The zero-order valence-corrected chi connectivity index (χ0v) is 10.4. The van der Waals surface area contributed by atoms with Crippen LogP contribution < -0.4 is 4.90 Å². The molecule has 2 nitrogen and oxygen atoms in total. The van der Waals surface area contributed by atoms with Crippen LogP contribution in [0.2, 0.25) is 0 Å². The lowest BCUT2D eigenvalue weighted by Gasteiger charge is -2.18. The maximum Gasteiger partial charge on any atom is 0.416 e. The van der Waals surface area contributed by atoms with E-state index in [4.69, 9.17) is 0 Å². The van der Waals surface area contributed by atoms with E-state index in [2.05, 4.69) is 4.98 Å². The fourth-order valence-corrected chi connectivity index (χ4v) is 2.20. The van der Waals surface area contributed by atoms with Gasteiger partial charge in [0, 0.05) is 24.3 Å². The molecule has 0 bridgehead atoms. The number of halogens is 3. The summed E-state index contributed by atoms with van der Waals surface area (Å²) in [6, 6.07) is 5.12. The molecule has 0 aliphatic heterocycles. The fourth-order valence-electron chi connectivity index (χ4n) is 1.53. The molecular formula is C12H11F3N2S. The predicted molar refractivity (Wildman–Crippen MR) is 65.7 cm³/mol. The Bertz CT molecular complexity index is 491. The van der Waals surface area contributed by atoms with Crippen molar-refractivity contribution in [2.45, 2.75) is 12.7 Å². The van der Waals surface area contributed by atoms with Gasteiger partial charge in [0.25, 0.3) is 0 Å². The Labute approximate surface area is 107 Å². The Morgan fingerprint density at radius 3 is 2.39 bits per heavy atom. The highest BCUT2D eigenvalue weighted by Gasteiger charge is 2.30. The third kappa shape index (κ3) is 3.01. The van der Waals surface area contributed by atoms with E-state index in [1.165, 1.54) is 23.5 Å². The van der Waals surface area contributed by atoms with E-state index >= 15 is 0 Å². The van der Waals surface area contributed by atoms with Crippen LogP contribution in [0.5, 0.6) is 0 Å². The quantitative estimate of drug-likeness (QED) is 0.845. The number of nitrogens with zero attached hydrogens (tertiary/aromatic N) is 2. The van der Waals surface area contributed by atoms with Crippen LogP contribution in [0.25, 0.3) is 0 Å². The molecule has 0 aliphatic carbocycles. The number of aromatic nitrogens is 1. The molecule has 0 saturated heterocycles. The van der Waals surface area contributed by atoms with Crippen LogP contribution in [0.4, 0.5) is 18.9 Å². The number of anilines is 1. The smallest absolute Gasteiger partial charge is 0.368 e. The molecule has 6 heteroatoms. The van der Waals surface area contributed by atoms with Crippen LogP contribution in [-0.2, 0) is 12.7 Å². The van der Waals surface area contributed by atoms with Gasteiger partial charge in [-0.05, 0) is 24.3 Å². The van der Waals surface area contributed by atoms with E-state index < -0.39 is 11.7 Å². The molecule has 0 spiro atoms. The van der Waals surface area contributed by atoms with Crippen LogP contribution in [0.3, 0.4) is 0 Å². The second kappa shape index (κ2) is 4.97. The van der Waals surface area contributed by atoms with E-state index in [0.29, 0.717) is 6.54 Å². The van der Waals surface area contributed by atoms with E-state index in [1.807, 2.05) is 17.3 Å². The highest BCUT2D eigenvalue weighted by molar-refractivity contribution is 7.09. The fraction of sp³-hybridized carbons (Fsp3) is 0.250. The highest BCUT2D eigenvalue weighted by Crippen LogP contribution is 2.30. The first-order chi connectivity index (χ1) is 8.47. The van der Waals surface area contributed by atoms with Gasteiger partial charge in [0.05, 0.1) is 12.1 Å². The van der Waals surface area contributed by atoms with Crippen molar-refractivity contribution in [3.8, 4) is 0 Å².